The quantitative estimate of drug-likeness (QED) is 0.756. The highest BCUT2D eigenvalue weighted by molar-refractivity contribution is 7.89. The molecule has 9 heteroatoms. The molecule has 6 nitrogen and oxygen atoms in total. The van der Waals surface area contributed by atoms with Crippen LogP contribution < -0.4 is 14.8 Å². The zero-order chi connectivity index (χ0) is 20.2. The number of anilines is 1. The summed E-state index contributed by atoms with van der Waals surface area (Å²) in [5.74, 6) is -0.973. The standard InChI is InChI=1S/C18H20ClFN2O4S/c1-18(2,3)22-27(24,25)16-7-5-4-6-14(16)21-17(23)11-26-15-9-8-12(20)10-13(15)19/h4-10,22H,11H2,1-3H3,(H,21,23). The van der Waals surface area contributed by atoms with Gasteiger partial charge in [-0.1, -0.05) is 23.7 Å². The van der Waals surface area contributed by atoms with Gasteiger partial charge in [0.25, 0.3) is 5.91 Å². The Morgan fingerprint density at radius 3 is 2.48 bits per heavy atom. The third-order valence-electron chi connectivity index (χ3n) is 3.14. The Hall–Kier alpha value is -2.16. The fourth-order valence-electron chi connectivity index (χ4n) is 2.18. The van der Waals surface area contributed by atoms with Crippen molar-refractivity contribution in [3.8, 4) is 5.75 Å². The van der Waals surface area contributed by atoms with Gasteiger partial charge in [-0.25, -0.2) is 17.5 Å². The second-order valence-electron chi connectivity index (χ2n) is 6.76. The molecule has 0 bridgehead atoms. The van der Waals surface area contributed by atoms with Gasteiger partial charge in [-0.15, -0.1) is 0 Å². The molecule has 27 heavy (non-hydrogen) atoms. The highest BCUT2D eigenvalue weighted by atomic mass is 35.5. The van der Waals surface area contributed by atoms with Crippen molar-refractivity contribution in [3.05, 3.63) is 53.3 Å². The number of halogens is 2. The number of amides is 1. The lowest BCUT2D eigenvalue weighted by molar-refractivity contribution is -0.118. The van der Waals surface area contributed by atoms with Gasteiger partial charge in [0.2, 0.25) is 10.0 Å². The van der Waals surface area contributed by atoms with Crippen molar-refractivity contribution in [3.63, 3.8) is 0 Å². The highest BCUT2D eigenvalue weighted by Crippen LogP contribution is 2.25. The zero-order valence-electron chi connectivity index (χ0n) is 15.0. The van der Waals surface area contributed by atoms with Gasteiger partial charge < -0.3 is 10.1 Å². The predicted octanol–water partition coefficient (Wildman–Crippen LogP) is 3.57. The van der Waals surface area contributed by atoms with E-state index in [2.05, 4.69) is 10.0 Å². The summed E-state index contributed by atoms with van der Waals surface area (Å²) in [6, 6.07) is 9.54. The number of carbonyl (C=O) groups is 1. The second kappa shape index (κ2) is 8.24. The highest BCUT2D eigenvalue weighted by Gasteiger charge is 2.25. The summed E-state index contributed by atoms with van der Waals surface area (Å²) in [7, 11) is -3.84. The van der Waals surface area contributed by atoms with Crippen molar-refractivity contribution in [2.24, 2.45) is 0 Å². The topological polar surface area (TPSA) is 84.5 Å². The molecule has 0 heterocycles. The van der Waals surface area contributed by atoms with Crippen LogP contribution in [0.5, 0.6) is 5.75 Å². The van der Waals surface area contributed by atoms with Crippen LogP contribution in [0.25, 0.3) is 0 Å². The molecule has 0 spiro atoms. The van der Waals surface area contributed by atoms with Crippen molar-refractivity contribution in [1.82, 2.24) is 4.72 Å². The molecule has 0 saturated heterocycles. The Kier molecular flexibility index (Phi) is 6.46. The van der Waals surface area contributed by atoms with E-state index in [0.717, 1.165) is 12.1 Å². The number of nitrogens with one attached hydrogen (secondary N) is 2. The van der Waals surface area contributed by atoms with Crippen LogP contribution in [0.3, 0.4) is 0 Å². The number of para-hydroxylation sites is 1. The fraction of sp³-hybridized carbons (Fsp3) is 0.278. The minimum atomic E-state index is -3.84. The summed E-state index contributed by atoms with van der Waals surface area (Å²) in [5, 5.41) is 2.53. The van der Waals surface area contributed by atoms with E-state index in [4.69, 9.17) is 16.3 Å². The van der Waals surface area contributed by atoms with Gasteiger partial charge in [0, 0.05) is 5.54 Å². The van der Waals surface area contributed by atoms with Crippen molar-refractivity contribution in [2.75, 3.05) is 11.9 Å². The van der Waals surface area contributed by atoms with E-state index in [1.807, 2.05) is 0 Å². The Bertz CT molecular complexity index is 943. The van der Waals surface area contributed by atoms with Crippen molar-refractivity contribution in [2.45, 2.75) is 31.2 Å². The molecule has 0 aliphatic rings. The van der Waals surface area contributed by atoms with Crippen LogP contribution >= 0.6 is 11.6 Å². The monoisotopic (exact) mass is 414 g/mol. The van der Waals surface area contributed by atoms with E-state index < -0.39 is 33.9 Å². The van der Waals surface area contributed by atoms with Crippen LogP contribution in [0, 0.1) is 5.82 Å². The van der Waals surface area contributed by atoms with E-state index in [-0.39, 0.29) is 21.4 Å². The van der Waals surface area contributed by atoms with E-state index >= 15 is 0 Å². The lowest BCUT2D eigenvalue weighted by atomic mass is 10.1. The molecule has 0 fully saturated rings. The molecular weight excluding hydrogens is 395 g/mol. The molecule has 0 atom stereocenters. The molecule has 0 aromatic heterocycles. The molecule has 2 rings (SSSR count). The molecule has 2 N–H and O–H groups in total. The summed E-state index contributed by atoms with van der Waals surface area (Å²) in [6.45, 7) is 4.72. The maximum atomic E-state index is 13.0. The molecule has 0 aliphatic heterocycles. The largest absolute Gasteiger partial charge is 0.482 e. The fourth-order valence-corrected chi connectivity index (χ4v) is 3.99. The van der Waals surface area contributed by atoms with E-state index in [9.17, 15) is 17.6 Å². The third kappa shape index (κ3) is 6.20. The SMILES string of the molecule is CC(C)(C)NS(=O)(=O)c1ccccc1NC(=O)COc1ccc(F)cc1Cl. The summed E-state index contributed by atoms with van der Waals surface area (Å²) in [4.78, 5) is 12.1. The number of benzene rings is 2. The summed E-state index contributed by atoms with van der Waals surface area (Å²) in [6.07, 6.45) is 0. The zero-order valence-corrected chi connectivity index (χ0v) is 16.6. The maximum Gasteiger partial charge on any atom is 0.262 e. The minimum Gasteiger partial charge on any atom is -0.482 e. The average Bonchev–Trinajstić information content (AvgIpc) is 2.52. The van der Waals surface area contributed by atoms with Crippen molar-refractivity contribution >= 4 is 33.2 Å². The molecule has 0 radical (unpaired) electrons. The number of rotatable bonds is 6. The molecule has 0 unspecified atom stereocenters. The van der Waals surface area contributed by atoms with Crippen LogP contribution in [0.2, 0.25) is 5.02 Å². The molecule has 0 saturated carbocycles. The Labute approximate surface area is 162 Å². The molecule has 2 aromatic carbocycles. The van der Waals surface area contributed by atoms with Gasteiger partial charge in [0.05, 0.1) is 10.7 Å². The van der Waals surface area contributed by atoms with E-state index in [0.29, 0.717) is 0 Å². The number of hydrogen-bond donors (Lipinski definition) is 2. The van der Waals surface area contributed by atoms with Crippen LogP contribution in [0.1, 0.15) is 20.8 Å². The van der Waals surface area contributed by atoms with Gasteiger partial charge in [-0.05, 0) is 51.1 Å². The van der Waals surface area contributed by atoms with Crippen LogP contribution in [0.4, 0.5) is 10.1 Å². The predicted molar refractivity (Wildman–Crippen MR) is 102 cm³/mol. The summed E-state index contributed by atoms with van der Waals surface area (Å²) < 4.78 is 45.9. The van der Waals surface area contributed by atoms with Crippen LogP contribution in [0.15, 0.2) is 47.4 Å². The normalized spacial score (nSPS) is 11.9. The molecule has 1 amide bonds. The van der Waals surface area contributed by atoms with E-state index in [1.165, 1.54) is 18.2 Å². The smallest absolute Gasteiger partial charge is 0.262 e. The van der Waals surface area contributed by atoms with Crippen LogP contribution in [-0.2, 0) is 14.8 Å². The first kappa shape index (κ1) is 21.1. The van der Waals surface area contributed by atoms with Crippen LogP contribution in [-0.4, -0.2) is 26.5 Å². The number of hydrogen-bond acceptors (Lipinski definition) is 4. The van der Waals surface area contributed by atoms with E-state index in [1.54, 1.807) is 32.9 Å². The Morgan fingerprint density at radius 1 is 1.19 bits per heavy atom. The van der Waals surface area contributed by atoms with Crippen molar-refractivity contribution < 1.29 is 22.3 Å². The van der Waals surface area contributed by atoms with Gasteiger partial charge >= 0.3 is 0 Å². The van der Waals surface area contributed by atoms with Gasteiger partial charge in [0.15, 0.2) is 6.61 Å². The molecule has 146 valence electrons. The average molecular weight is 415 g/mol. The number of sulfonamides is 1. The van der Waals surface area contributed by atoms with Crippen molar-refractivity contribution in [1.29, 1.82) is 0 Å². The Morgan fingerprint density at radius 2 is 1.85 bits per heavy atom. The van der Waals surface area contributed by atoms with Gasteiger partial charge in [0.1, 0.15) is 16.5 Å². The van der Waals surface area contributed by atoms with Gasteiger partial charge in [-0.3, -0.25) is 4.79 Å². The van der Waals surface area contributed by atoms with Gasteiger partial charge in [-0.2, -0.15) is 0 Å². The first-order chi connectivity index (χ1) is 12.5. The molecule has 0 aliphatic carbocycles. The second-order valence-corrected chi connectivity index (χ2v) is 8.82. The molecule has 2 aromatic rings. The summed E-state index contributed by atoms with van der Waals surface area (Å²) in [5.41, 5.74) is -0.564. The maximum absolute atomic E-state index is 13.0. The summed E-state index contributed by atoms with van der Waals surface area (Å²) >= 11 is 5.84. The lowest BCUT2D eigenvalue weighted by Crippen LogP contribution is -2.40. The Balaban J connectivity index is 2.12. The molecular formula is C18H20ClFN2O4S. The minimum absolute atomic E-state index is 0.0279. The first-order valence-electron chi connectivity index (χ1n) is 7.99. The first-order valence-corrected chi connectivity index (χ1v) is 9.85. The number of ether oxygens (including phenoxy) is 1. The third-order valence-corrected chi connectivity index (χ3v) is 5.26. The lowest BCUT2D eigenvalue weighted by Gasteiger charge is -2.21. The number of carbonyl (C=O) groups excluding carboxylic acids is 1.